The van der Waals surface area contributed by atoms with Crippen molar-refractivity contribution in [3.63, 3.8) is 0 Å². The van der Waals surface area contributed by atoms with Crippen LogP contribution in [-0.4, -0.2) is 40.0 Å². The molecule has 1 atom stereocenters. The standard InChI is InChI=1S/C13H13N3O4S/c17-13(18)11-7-9-3-1-2-4-10(9)8-16(11)21(19,20)12-5-6-14-15-12/h1-6,11H,7-8H2,(H,14,15)(H,17,18). The fourth-order valence-electron chi connectivity index (χ4n) is 2.48. The van der Waals surface area contributed by atoms with Crippen molar-refractivity contribution in [2.45, 2.75) is 24.0 Å². The molecule has 110 valence electrons. The maximum Gasteiger partial charge on any atom is 0.322 e. The first kappa shape index (κ1) is 13.8. The molecule has 0 saturated carbocycles. The molecule has 1 aromatic heterocycles. The van der Waals surface area contributed by atoms with E-state index in [2.05, 4.69) is 10.2 Å². The van der Waals surface area contributed by atoms with E-state index in [9.17, 15) is 18.3 Å². The number of nitrogens with zero attached hydrogens (tertiary/aromatic N) is 2. The minimum Gasteiger partial charge on any atom is -0.480 e. The summed E-state index contributed by atoms with van der Waals surface area (Å²) < 4.78 is 26.1. The predicted molar refractivity (Wildman–Crippen MR) is 72.9 cm³/mol. The Balaban J connectivity index is 2.06. The van der Waals surface area contributed by atoms with Gasteiger partial charge in [-0.1, -0.05) is 24.3 Å². The number of sulfonamides is 1. The number of rotatable bonds is 3. The number of carboxylic acids is 1. The van der Waals surface area contributed by atoms with E-state index in [4.69, 9.17) is 0 Å². The van der Waals surface area contributed by atoms with Crippen molar-refractivity contribution in [3.8, 4) is 0 Å². The average molecular weight is 307 g/mol. The highest BCUT2D eigenvalue weighted by atomic mass is 32.2. The van der Waals surface area contributed by atoms with Crippen LogP contribution in [0, 0.1) is 0 Å². The van der Waals surface area contributed by atoms with Crippen LogP contribution in [-0.2, 0) is 27.8 Å². The summed E-state index contributed by atoms with van der Waals surface area (Å²) in [5.41, 5.74) is 1.68. The topological polar surface area (TPSA) is 103 Å². The zero-order valence-electron chi connectivity index (χ0n) is 10.9. The number of carbonyl (C=O) groups is 1. The molecule has 0 saturated heterocycles. The third-order valence-electron chi connectivity index (χ3n) is 3.55. The van der Waals surface area contributed by atoms with Gasteiger partial charge in [0.25, 0.3) is 10.0 Å². The van der Waals surface area contributed by atoms with Gasteiger partial charge in [0, 0.05) is 13.0 Å². The highest BCUT2D eigenvalue weighted by Crippen LogP contribution is 2.28. The molecule has 2 heterocycles. The number of aliphatic carboxylic acids is 1. The lowest BCUT2D eigenvalue weighted by atomic mass is 9.96. The average Bonchev–Trinajstić information content (AvgIpc) is 3.00. The molecule has 0 bridgehead atoms. The number of aromatic amines is 1. The Kier molecular flexibility index (Phi) is 3.26. The number of carboxylic acid groups (broad SMARTS) is 1. The molecule has 2 aromatic rings. The molecule has 0 fully saturated rings. The van der Waals surface area contributed by atoms with Gasteiger partial charge in [-0.05, 0) is 17.2 Å². The predicted octanol–water partition coefficient (Wildman–Crippen LogP) is 0.610. The molecule has 7 nitrogen and oxygen atoms in total. The SMILES string of the molecule is O=C(O)C1Cc2ccccc2CN1S(=O)(=O)c1ccn[nH]1. The highest BCUT2D eigenvalue weighted by Gasteiger charge is 2.40. The van der Waals surface area contributed by atoms with Crippen molar-refractivity contribution in [3.05, 3.63) is 47.7 Å². The van der Waals surface area contributed by atoms with Crippen LogP contribution in [0.2, 0.25) is 0 Å². The van der Waals surface area contributed by atoms with Gasteiger partial charge in [0.05, 0.1) is 6.20 Å². The fraction of sp³-hybridized carbons (Fsp3) is 0.231. The molecular formula is C13H13N3O4S. The van der Waals surface area contributed by atoms with E-state index in [0.29, 0.717) is 0 Å². The Labute approximate surface area is 121 Å². The fourth-order valence-corrected chi connectivity index (χ4v) is 3.94. The molecule has 1 aliphatic heterocycles. The number of aromatic nitrogens is 2. The normalized spacial score (nSPS) is 19.1. The van der Waals surface area contributed by atoms with Gasteiger partial charge in [-0.3, -0.25) is 9.89 Å². The van der Waals surface area contributed by atoms with E-state index in [0.717, 1.165) is 15.4 Å². The molecule has 2 N–H and O–H groups in total. The zero-order chi connectivity index (χ0) is 15.0. The summed E-state index contributed by atoms with van der Waals surface area (Å²) >= 11 is 0. The largest absolute Gasteiger partial charge is 0.480 e. The second-order valence-electron chi connectivity index (χ2n) is 4.80. The molecule has 0 radical (unpaired) electrons. The molecule has 0 aliphatic carbocycles. The minimum absolute atomic E-state index is 0.0362. The second-order valence-corrected chi connectivity index (χ2v) is 6.66. The third-order valence-corrected chi connectivity index (χ3v) is 5.34. The van der Waals surface area contributed by atoms with Gasteiger partial charge in [-0.15, -0.1) is 0 Å². The van der Waals surface area contributed by atoms with Crippen LogP contribution in [0.1, 0.15) is 11.1 Å². The Bertz CT molecular complexity index is 770. The van der Waals surface area contributed by atoms with Crippen LogP contribution in [0.5, 0.6) is 0 Å². The van der Waals surface area contributed by atoms with E-state index in [1.165, 1.54) is 12.3 Å². The minimum atomic E-state index is -3.92. The molecular weight excluding hydrogens is 294 g/mol. The van der Waals surface area contributed by atoms with Gasteiger partial charge in [0.15, 0.2) is 5.03 Å². The van der Waals surface area contributed by atoms with Crippen LogP contribution in [0.4, 0.5) is 0 Å². The first-order valence-electron chi connectivity index (χ1n) is 6.31. The van der Waals surface area contributed by atoms with E-state index in [1.54, 1.807) is 6.07 Å². The molecule has 8 heteroatoms. The van der Waals surface area contributed by atoms with Crippen LogP contribution in [0.15, 0.2) is 41.6 Å². The molecule has 0 amide bonds. The van der Waals surface area contributed by atoms with Crippen molar-refractivity contribution in [1.82, 2.24) is 14.5 Å². The van der Waals surface area contributed by atoms with Gasteiger partial charge < -0.3 is 5.11 Å². The maximum absolute atomic E-state index is 12.6. The number of nitrogens with one attached hydrogen (secondary N) is 1. The van der Waals surface area contributed by atoms with Crippen molar-refractivity contribution in [1.29, 1.82) is 0 Å². The van der Waals surface area contributed by atoms with Crippen molar-refractivity contribution in [2.24, 2.45) is 0 Å². The molecule has 1 aliphatic rings. The first-order chi connectivity index (χ1) is 10.00. The van der Waals surface area contributed by atoms with E-state index in [1.807, 2.05) is 18.2 Å². The summed E-state index contributed by atoms with van der Waals surface area (Å²) in [5.74, 6) is -1.16. The summed E-state index contributed by atoms with van der Waals surface area (Å²) in [5, 5.41) is 15.3. The highest BCUT2D eigenvalue weighted by molar-refractivity contribution is 7.89. The Morgan fingerprint density at radius 3 is 2.62 bits per heavy atom. The number of benzene rings is 1. The number of hydrogen-bond acceptors (Lipinski definition) is 4. The van der Waals surface area contributed by atoms with Crippen molar-refractivity contribution in [2.75, 3.05) is 0 Å². The van der Waals surface area contributed by atoms with Gasteiger partial charge in [0.2, 0.25) is 0 Å². The summed E-state index contributed by atoms with van der Waals surface area (Å²) in [6.07, 6.45) is 1.47. The lowest BCUT2D eigenvalue weighted by Gasteiger charge is -2.32. The Morgan fingerprint density at radius 2 is 2.00 bits per heavy atom. The molecule has 1 aromatic carbocycles. The summed E-state index contributed by atoms with van der Waals surface area (Å²) in [7, 11) is -3.92. The van der Waals surface area contributed by atoms with E-state index >= 15 is 0 Å². The number of H-pyrrole nitrogens is 1. The Hall–Kier alpha value is -2.19. The van der Waals surface area contributed by atoms with Gasteiger partial charge in [0.1, 0.15) is 6.04 Å². The summed E-state index contributed by atoms with van der Waals surface area (Å²) in [4.78, 5) is 11.5. The van der Waals surface area contributed by atoms with Crippen LogP contribution in [0.3, 0.4) is 0 Å². The molecule has 21 heavy (non-hydrogen) atoms. The van der Waals surface area contributed by atoms with E-state index < -0.39 is 22.0 Å². The molecule has 1 unspecified atom stereocenters. The lowest BCUT2D eigenvalue weighted by molar-refractivity contribution is -0.141. The second kappa shape index (κ2) is 4.97. The van der Waals surface area contributed by atoms with Crippen molar-refractivity contribution < 1.29 is 18.3 Å². The Morgan fingerprint density at radius 1 is 1.29 bits per heavy atom. The lowest BCUT2D eigenvalue weighted by Crippen LogP contribution is -2.48. The third kappa shape index (κ3) is 2.32. The monoisotopic (exact) mass is 307 g/mol. The first-order valence-corrected chi connectivity index (χ1v) is 7.75. The number of hydrogen-bond donors (Lipinski definition) is 2. The zero-order valence-corrected chi connectivity index (χ0v) is 11.7. The maximum atomic E-state index is 12.6. The van der Waals surface area contributed by atoms with Crippen LogP contribution < -0.4 is 0 Å². The van der Waals surface area contributed by atoms with Crippen molar-refractivity contribution >= 4 is 16.0 Å². The van der Waals surface area contributed by atoms with Crippen LogP contribution in [0.25, 0.3) is 0 Å². The summed E-state index contributed by atoms with van der Waals surface area (Å²) in [6, 6.07) is 7.45. The van der Waals surface area contributed by atoms with E-state index in [-0.39, 0.29) is 18.0 Å². The quantitative estimate of drug-likeness (QED) is 0.864. The van der Waals surface area contributed by atoms with Gasteiger partial charge in [-0.25, -0.2) is 8.42 Å². The smallest absolute Gasteiger partial charge is 0.322 e. The summed E-state index contributed by atoms with van der Waals surface area (Å²) in [6.45, 7) is 0.0362. The van der Waals surface area contributed by atoms with Crippen LogP contribution >= 0.6 is 0 Å². The molecule has 3 rings (SSSR count). The molecule has 0 spiro atoms. The number of fused-ring (bicyclic) bond motifs is 1. The van der Waals surface area contributed by atoms with Gasteiger partial charge >= 0.3 is 5.97 Å². The van der Waals surface area contributed by atoms with Gasteiger partial charge in [-0.2, -0.15) is 9.40 Å².